The van der Waals surface area contributed by atoms with E-state index < -0.39 is 0 Å². The zero-order valence-electron chi connectivity index (χ0n) is 14.3. The molecular formula is C20H20FN3O. The summed E-state index contributed by atoms with van der Waals surface area (Å²) in [5, 5.41) is 3.04. The Morgan fingerprint density at radius 3 is 2.48 bits per heavy atom. The molecule has 0 bridgehead atoms. The molecule has 0 fully saturated rings. The van der Waals surface area contributed by atoms with Gasteiger partial charge in [-0.15, -0.1) is 0 Å². The Bertz CT molecular complexity index is 937. The van der Waals surface area contributed by atoms with Crippen LogP contribution >= 0.6 is 0 Å². The fourth-order valence-corrected chi connectivity index (χ4v) is 2.82. The number of nitrogens with one attached hydrogen (secondary N) is 1. The van der Waals surface area contributed by atoms with Crippen LogP contribution in [0, 0.1) is 12.7 Å². The summed E-state index contributed by atoms with van der Waals surface area (Å²) in [6.07, 6.45) is 0.827. The first-order valence-electron chi connectivity index (χ1n) is 8.19. The highest BCUT2D eigenvalue weighted by molar-refractivity contribution is 5.99. The number of aromatic amines is 1. The summed E-state index contributed by atoms with van der Waals surface area (Å²) in [6, 6.07) is 15.9. The minimum Gasteiger partial charge on any atom is -0.295 e. The predicted octanol–water partition coefficient (Wildman–Crippen LogP) is 3.66. The number of benzene rings is 2. The van der Waals surface area contributed by atoms with Crippen molar-refractivity contribution >= 4 is 5.71 Å². The number of H-pyrrole nitrogens is 1. The standard InChI is InChI=1S/C20H20FN3O/c1-14(22-13-12-16-6-4-3-5-7-16)19-15(2)23-24(20(19)25)18-10-8-17(21)9-11-18/h3-11,23H,12-13H2,1-2H3. The predicted molar refractivity (Wildman–Crippen MR) is 98.3 cm³/mol. The Kier molecular flexibility index (Phi) is 4.93. The van der Waals surface area contributed by atoms with Crippen LogP contribution in [0.25, 0.3) is 5.69 Å². The average Bonchev–Trinajstić information content (AvgIpc) is 2.91. The molecule has 0 amide bonds. The van der Waals surface area contributed by atoms with E-state index >= 15 is 0 Å². The fourth-order valence-electron chi connectivity index (χ4n) is 2.82. The molecule has 25 heavy (non-hydrogen) atoms. The lowest BCUT2D eigenvalue weighted by Gasteiger charge is -2.01. The van der Waals surface area contributed by atoms with Crippen molar-refractivity contribution < 1.29 is 4.39 Å². The highest BCUT2D eigenvalue weighted by Crippen LogP contribution is 2.10. The quantitative estimate of drug-likeness (QED) is 0.710. The lowest BCUT2D eigenvalue weighted by Crippen LogP contribution is -2.20. The molecule has 3 aromatic rings. The van der Waals surface area contributed by atoms with Crippen molar-refractivity contribution in [2.75, 3.05) is 6.54 Å². The minimum absolute atomic E-state index is 0.176. The van der Waals surface area contributed by atoms with Crippen molar-refractivity contribution in [3.8, 4) is 5.69 Å². The van der Waals surface area contributed by atoms with Crippen LogP contribution in [-0.2, 0) is 6.42 Å². The molecule has 1 N–H and O–H groups in total. The van der Waals surface area contributed by atoms with E-state index in [0.717, 1.165) is 12.1 Å². The van der Waals surface area contributed by atoms with Gasteiger partial charge in [0.15, 0.2) is 0 Å². The van der Waals surface area contributed by atoms with Gasteiger partial charge in [0.1, 0.15) is 5.82 Å². The smallest absolute Gasteiger partial charge is 0.280 e. The van der Waals surface area contributed by atoms with Crippen LogP contribution in [-0.4, -0.2) is 22.0 Å². The van der Waals surface area contributed by atoms with Crippen LogP contribution in [0.15, 0.2) is 64.4 Å². The lowest BCUT2D eigenvalue weighted by atomic mass is 10.1. The van der Waals surface area contributed by atoms with Gasteiger partial charge in [-0.3, -0.25) is 14.9 Å². The second kappa shape index (κ2) is 7.30. The number of rotatable bonds is 5. The van der Waals surface area contributed by atoms with E-state index in [9.17, 15) is 9.18 Å². The van der Waals surface area contributed by atoms with E-state index in [1.807, 2.05) is 32.0 Å². The second-order valence-corrected chi connectivity index (χ2v) is 5.93. The Morgan fingerprint density at radius 2 is 1.80 bits per heavy atom. The van der Waals surface area contributed by atoms with Gasteiger partial charge in [0.2, 0.25) is 0 Å². The Hall–Kier alpha value is -2.95. The Labute approximate surface area is 145 Å². The van der Waals surface area contributed by atoms with Gasteiger partial charge in [0.05, 0.1) is 11.3 Å². The average molecular weight is 337 g/mol. The maximum Gasteiger partial charge on any atom is 0.280 e. The van der Waals surface area contributed by atoms with Crippen LogP contribution in [0.3, 0.4) is 0 Å². The van der Waals surface area contributed by atoms with Gasteiger partial charge in [0, 0.05) is 18.0 Å². The van der Waals surface area contributed by atoms with E-state index in [1.165, 1.54) is 22.4 Å². The van der Waals surface area contributed by atoms with Crippen molar-refractivity contribution in [2.45, 2.75) is 20.3 Å². The lowest BCUT2D eigenvalue weighted by molar-refractivity contribution is 0.627. The monoisotopic (exact) mass is 337 g/mol. The summed E-state index contributed by atoms with van der Waals surface area (Å²) in [5.74, 6) is -0.334. The topological polar surface area (TPSA) is 50.1 Å². The van der Waals surface area contributed by atoms with E-state index in [0.29, 0.717) is 23.5 Å². The van der Waals surface area contributed by atoms with E-state index in [1.54, 1.807) is 12.1 Å². The molecule has 0 aliphatic rings. The maximum atomic E-state index is 13.1. The first-order valence-corrected chi connectivity index (χ1v) is 8.19. The van der Waals surface area contributed by atoms with Gasteiger partial charge in [-0.2, -0.15) is 0 Å². The molecule has 4 nitrogen and oxygen atoms in total. The molecule has 0 saturated heterocycles. The highest BCUT2D eigenvalue weighted by atomic mass is 19.1. The number of nitrogens with zero attached hydrogens (tertiary/aromatic N) is 2. The van der Waals surface area contributed by atoms with Crippen LogP contribution in [0.1, 0.15) is 23.7 Å². The number of aromatic nitrogens is 2. The van der Waals surface area contributed by atoms with Gasteiger partial charge < -0.3 is 0 Å². The molecule has 0 spiro atoms. The largest absolute Gasteiger partial charge is 0.295 e. The number of hydrogen-bond donors (Lipinski definition) is 1. The van der Waals surface area contributed by atoms with Gasteiger partial charge in [-0.05, 0) is 50.1 Å². The van der Waals surface area contributed by atoms with Crippen molar-refractivity contribution in [1.29, 1.82) is 0 Å². The molecule has 128 valence electrons. The first-order chi connectivity index (χ1) is 12.1. The normalized spacial score (nSPS) is 11.7. The molecule has 0 aliphatic heterocycles. The van der Waals surface area contributed by atoms with E-state index in [-0.39, 0.29) is 11.4 Å². The first kappa shape index (κ1) is 16.9. The molecular weight excluding hydrogens is 317 g/mol. The van der Waals surface area contributed by atoms with E-state index in [2.05, 4.69) is 22.2 Å². The summed E-state index contributed by atoms with van der Waals surface area (Å²) in [5.41, 5.74) is 3.65. The SMILES string of the molecule is CC(=NCCc1ccccc1)c1c(C)[nH]n(-c2ccc(F)cc2)c1=O. The van der Waals surface area contributed by atoms with Gasteiger partial charge >= 0.3 is 0 Å². The summed E-state index contributed by atoms with van der Waals surface area (Å²) in [4.78, 5) is 17.3. The molecule has 1 aromatic heterocycles. The van der Waals surface area contributed by atoms with Crippen LogP contribution < -0.4 is 5.56 Å². The Morgan fingerprint density at radius 1 is 1.12 bits per heavy atom. The Balaban J connectivity index is 1.83. The third-order valence-electron chi connectivity index (χ3n) is 4.11. The molecule has 2 aromatic carbocycles. The molecule has 3 rings (SSSR count). The molecule has 0 saturated carbocycles. The van der Waals surface area contributed by atoms with E-state index in [4.69, 9.17) is 0 Å². The maximum absolute atomic E-state index is 13.1. The van der Waals surface area contributed by atoms with Crippen molar-refractivity contribution in [1.82, 2.24) is 9.78 Å². The fraction of sp³-hybridized carbons (Fsp3) is 0.200. The number of hydrogen-bond acceptors (Lipinski definition) is 2. The number of halogens is 1. The van der Waals surface area contributed by atoms with Gasteiger partial charge in [-0.25, -0.2) is 9.07 Å². The number of aryl methyl sites for hydroxylation is 1. The number of aliphatic imine (C=N–C) groups is 1. The minimum atomic E-state index is -0.334. The molecule has 0 radical (unpaired) electrons. The summed E-state index contributed by atoms with van der Waals surface area (Å²) in [6.45, 7) is 4.31. The van der Waals surface area contributed by atoms with Gasteiger partial charge in [0.25, 0.3) is 5.56 Å². The molecule has 5 heteroatoms. The van der Waals surface area contributed by atoms with Crippen LogP contribution in [0.5, 0.6) is 0 Å². The van der Waals surface area contributed by atoms with Gasteiger partial charge in [-0.1, -0.05) is 30.3 Å². The summed E-state index contributed by atoms with van der Waals surface area (Å²) >= 11 is 0. The highest BCUT2D eigenvalue weighted by Gasteiger charge is 2.14. The summed E-state index contributed by atoms with van der Waals surface area (Å²) < 4.78 is 14.5. The van der Waals surface area contributed by atoms with Crippen molar-refractivity contribution in [3.05, 3.63) is 87.6 Å². The van der Waals surface area contributed by atoms with Crippen LogP contribution in [0.4, 0.5) is 4.39 Å². The van der Waals surface area contributed by atoms with Crippen molar-refractivity contribution in [3.63, 3.8) is 0 Å². The molecule has 0 atom stereocenters. The van der Waals surface area contributed by atoms with Crippen LogP contribution in [0.2, 0.25) is 0 Å². The summed E-state index contributed by atoms with van der Waals surface area (Å²) in [7, 11) is 0. The molecule has 1 heterocycles. The van der Waals surface area contributed by atoms with Crippen molar-refractivity contribution in [2.24, 2.45) is 4.99 Å². The molecule has 0 aliphatic carbocycles. The third-order valence-corrected chi connectivity index (χ3v) is 4.11. The third kappa shape index (κ3) is 3.76. The molecule has 0 unspecified atom stereocenters. The second-order valence-electron chi connectivity index (χ2n) is 5.93. The zero-order valence-corrected chi connectivity index (χ0v) is 14.3. The zero-order chi connectivity index (χ0) is 17.8.